The molecule has 1 aromatic carbocycles. The van der Waals surface area contributed by atoms with E-state index in [0.717, 1.165) is 12.1 Å². The second kappa shape index (κ2) is 4.90. The highest BCUT2D eigenvalue weighted by molar-refractivity contribution is 5.90. The lowest BCUT2D eigenvalue weighted by atomic mass is 10.1. The Kier molecular flexibility index (Phi) is 3.79. The Balaban J connectivity index is 3.46. The Morgan fingerprint density at radius 1 is 0.938 bits per heavy atom. The van der Waals surface area contributed by atoms with Gasteiger partial charge in [0.25, 0.3) is 0 Å². The average molecular weight is 228 g/mol. The van der Waals surface area contributed by atoms with Gasteiger partial charge in [-0.15, -0.1) is 0 Å². The van der Waals surface area contributed by atoms with Gasteiger partial charge in [0.15, 0.2) is 23.9 Å². The molecular weight excluding hydrogens is 220 g/mol. The molecule has 0 saturated heterocycles. The van der Waals surface area contributed by atoms with Gasteiger partial charge >= 0.3 is 0 Å². The van der Waals surface area contributed by atoms with E-state index in [0.29, 0.717) is 0 Å². The fraction of sp³-hybridized carbons (Fsp3) is 0. The summed E-state index contributed by atoms with van der Waals surface area (Å²) in [6.45, 7) is 0. The molecule has 0 aliphatic rings. The molecular formula is C8H8N2O6. The van der Waals surface area contributed by atoms with Crippen LogP contribution in [-0.2, 0) is 0 Å². The van der Waals surface area contributed by atoms with Crippen LogP contribution in [0.25, 0.3) is 0 Å². The fourth-order valence-electron chi connectivity index (χ4n) is 1.20. The van der Waals surface area contributed by atoms with Crippen molar-refractivity contribution >= 4 is 23.9 Å². The molecule has 8 heteroatoms. The summed E-state index contributed by atoms with van der Waals surface area (Å²) in [4.78, 5) is 21.1. The molecule has 0 aromatic heterocycles. The van der Waals surface area contributed by atoms with Crippen molar-refractivity contribution in [3.8, 4) is 0 Å². The predicted octanol–water partition coefficient (Wildman–Crippen LogP) is -1.88. The van der Waals surface area contributed by atoms with Gasteiger partial charge in [-0.25, -0.2) is 10.4 Å². The smallest absolute Gasteiger partial charge is 0.180 e. The normalized spacial score (nSPS) is 14.2. The molecule has 86 valence electrons. The minimum Gasteiger partial charge on any atom is -0.595 e. The minimum atomic E-state index is -1.43. The molecule has 16 heavy (non-hydrogen) atoms. The lowest BCUT2D eigenvalue weighted by Crippen LogP contribution is -3.01. The summed E-state index contributed by atoms with van der Waals surface area (Å²) in [7, 11) is 0. The molecule has 0 aliphatic heterocycles. The third-order valence-electron chi connectivity index (χ3n) is 1.94. The highest BCUT2D eigenvalue weighted by Gasteiger charge is 2.18. The van der Waals surface area contributed by atoms with Crippen LogP contribution in [0.4, 0.5) is 11.4 Å². The van der Waals surface area contributed by atoms with Crippen molar-refractivity contribution in [1.29, 1.82) is 0 Å². The first-order valence-electron chi connectivity index (χ1n) is 4.06. The Labute approximate surface area is 89.0 Å². The maximum atomic E-state index is 10.7. The van der Waals surface area contributed by atoms with Crippen molar-refractivity contribution in [2.45, 2.75) is 0 Å². The fourth-order valence-corrected chi connectivity index (χ4v) is 1.20. The molecule has 0 heterocycles. The molecule has 2 unspecified atom stereocenters. The van der Waals surface area contributed by atoms with Crippen LogP contribution >= 0.6 is 0 Å². The van der Waals surface area contributed by atoms with Crippen LogP contribution in [0.3, 0.4) is 0 Å². The number of carbonyl (C=O) groups excluding carboxylic acids is 2. The minimum absolute atomic E-state index is 0.236. The quantitative estimate of drug-likeness (QED) is 0.352. The van der Waals surface area contributed by atoms with Crippen LogP contribution in [0, 0.1) is 10.4 Å². The monoisotopic (exact) mass is 228 g/mol. The first kappa shape index (κ1) is 12.4. The lowest BCUT2D eigenvalue weighted by molar-refractivity contribution is -0.996. The Morgan fingerprint density at radius 2 is 1.31 bits per heavy atom. The van der Waals surface area contributed by atoms with Crippen LogP contribution < -0.4 is 10.5 Å². The number of hydrogen-bond acceptors (Lipinski definition) is 6. The summed E-state index contributed by atoms with van der Waals surface area (Å²) in [6.07, 6.45) is 0.504. The van der Waals surface area contributed by atoms with Crippen molar-refractivity contribution in [1.82, 2.24) is 0 Å². The van der Waals surface area contributed by atoms with E-state index in [1.165, 1.54) is 0 Å². The Morgan fingerprint density at radius 3 is 1.56 bits per heavy atom. The Bertz CT molecular complexity index is 382. The van der Waals surface area contributed by atoms with E-state index in [1.54, 1.807) is 0 Å². The molecule has 0 amide bonds. The van der Waals surface area contributed by atoms with E-state index in [2.05, 4.69) is 0 Å². The van der Waals surface area contributed by atoms with Gasteiger partial charge in [-0.05, 0) is 6.07 Å². The van der Waals surface area contributed by atoms with Gasteiger partial charge in [0.05, 0.1) is 17.2 Å². The van der Waals surface area contributed by atoms with Gasteiger partial charge in [0.2, 0.25) is 0 Å². The van der Waals surface area contributed by atoms with E-state index < -0.39 is 21.8 Å². The molecule has 0 aliphatic carbocycles. The van der Waals surface area contributed by atoms with Crippen molar-refractivity contribution in [3.63, 3.8) is 0 Å². The molecule has 1 aromatic rings. The SMILES string of the molecule is O=Cc1cc(C=O)c([NH+]([O-])O)cc1[NH+]([O-])O. The molecule has 4 N–H and O–H groups in total. The first-order valence-corrected chi connectivity index (χ1v) is 4.06. The average Bonchev–Trinajstić information content (AvgIpc) is 2.26. The van der Waals surface area contributed by atoms with E-state index in [4.69, 9.17) is 10.4 Å². The molecule has 0 fully saturated rings. The zero-order valence-electron chi connectivity index (χ0n) is 7.84. The van der Waals surface area contributed by atoms with E-state index in [9.17, 15) is 20.0 Å². The molecule has 0 radical (unpaired) electrons. The van der Waals surface area contributed by atoms with Gasteiger partial charge in [-0.1, -0.05) is 0 Å². The largest absolute Gasteiger partial charge is 0.595 e. The van der Waals surface area contributed by atoms with Crippen LogP contribution in [0.15, 0.2) is 12.1 Å². The van der Waals surface area contributed by atoms with Gasteiger partial charge in [-0.2, -0.15) is 10.5 Å². The molecule has 1 rings (SSSR count). The van der Waals surface area contributed by atoms with Crippen molar-refractivity contribution < 1.29 is 30.5 Å². The summed E-state index contributed by atoms with van der Waals surface area (Å²) in [5.74, 6) is 0. The predicted molar refractivity (Wildman–Crippen MR) is 48.8 cm³/mol. The molecule has 0 bridgehead atoms. The van der Waals surface area contributed by atoms with Gasteiger partial charge in [-0.3, -0.25) is 9.59 Å². The molecule has 0 saturated carbocycles. The summed E-state index contributed by atoms with van der Waals surface area (Å²) >= 11 is 0. The van der Waals surface area contributed by atoms with Crippen LogP contribution in [0.2, 0.25) is 0 Å². The van der Waals surface area contributed by atoms with Gasteiger partial charge in [0.1, 0.15) is 0 Å². The summed E-state index contributed by atoms with van der Waals surface area (Å²) in [6, 6.07) is 1.73. The number of hydrogen-bond donors (Lipinski definition) is 4. The molecule has 8 nitrogen and oxygen atoms in total. The topological polar surface area (TPSA) is 130 Å². The number of nitrogens with one attached hydrogen (secondary N) is 2. The summed E-state index contributed by atoms with van der Waals surface area (Å²) in [5.41, 5.74) is -1.37. The van der Waals surface area contributed by atoms with Crippen LogP contribution in [0.1, 0.15) is 20.7 Å². The molecule has 0 spiro atoms. The number of quaternary nitrogens is 2. The van der Waals surface area contributed by atoms with Crippen molar-refractivity contribution in [2.24, 2.45) is 0 Å². The second-order valence-electron chi connectivity index (χ2n) is 2.87. The number of benzene rings is 1. The number of rotatable bonds is 4. The summed E-state index contributed by atoms with van der Waals surface area (Å²) in [5, 5.41) is 36.0. The number of carbonyl (C=O) groups is 2. The van der Waals surface area contributed by atoms with Crippen molar-refractivity contribution in [2.75, 3.05) is 0 Å². The third-order valence-corrected chi connectivity index (χ3v) is 1.94. The third kappa shape index (κ3) is 2.28. The number of aldehydes is 2. The standard InChI is InChI=1S/C8H8N2O6/c11-3-5-1-6(4-12)8(10(15)16)2-7(5)9(13)14/h1-4,9-10,13,15H. The summed E-state index contributed by atoms with van der Waals surface area (Å²) < 4.78 is 0. The van der Waals surface area contributed by atoms with E-state index >= 15 is 0 Å². The maximum absolute atomic E-state index is 10.7. The zero-order valence-corrected chi connectivity index (χ0v) is 7.84. The van der Waals surface area contributed by atoms with Crippen molar-refractivity contribution in [3.05, 3.63) is 33.7 Å². The Hall–Kier alpha value is -1.68. The van der Waals surface area contributed by atoms with Gasteiger partial charge in [0, 0.05) is 0 Å². The highest BCUT2D eigenvalue weighted by atomic mass is 16.8. The van der Waals surface area contributed by atoms with E-state index in [-0.39, 0.29) is 23.7 Å². The van der Waals surface area contributed by atoms with E-state index in [1.807, 2.05) is 0 Å². The maximum Gasteiger partial charge on any atom is 0.180 e. The van der Waals surface area contributed by atoms with Gasteiger partial charge < -0.3 is 10.4 Å². The first-order chi connectivity index (χ1) is 7.51. The van der Waals surface area contributed by atoms with Crippen LogP contribution in [0.5, 0.6) is 0 Å². The zero-order chi connectivity index (χ0) is 12.3. The van der Waals surface area contributed by atoms with Crippen LogP contribution in [-0.4, -0.2) is 23.0 Å². The highest BCUT2D eigenvalue weighted by Crippen LogP contribution is 2.17. The lowest BCUT2D eigenvalue weighted by Gasteiger charge is -2.18. The molecule has 2 atom stereocenters. The second-order valence-corrected chi connectivity index (χ2v) is 2.87.